The zero-order valence-electron chi connectivity index (χ0n) is 9.96. The van der Waals surface area contributed by atoms with Crippen LogP contribution in [0.4, 0.5) is 5.69 Å². The Morgan fingerprint density at radius 3 is 3.00 bits per heavy atom. The normalized spacial score (nSPS) is 18.9. The van der Waals surface area contributed by atoms with Gasteiger partial charge in [-0.1, -0.05) is 11.6 Å². The molecule has 1 N–H and O–H groups in total. The molecule has 1 atom stereocenters. The van der Waals surface area contributed by atoms with Crippen LogP contribution < -0.4 is 10.2 Å². The third kappa shape index (κ3) is 2.18. The molecule has 0 radical (unpaired) electrons. The second-order valence-electron chi connectivity index (χ2n) is 4.31. The average Bonchev–Trinajstić information content (AvgIpc) is 2.62. The highest BCUT2D eigenvalue weighted by Gasteiger charge is 2.27. The molecule has 1 aliphatic rings. The second kappa shape index (κ2) is 5.07. The largest absolute Gasteiger partial charge is 0.368 e. The van der Waals surface area contributed by atoms with Crippen LogP contribution in [0, 0.1) is 0 Å². The van der Waals surface area contributed by atoms with Gasteiger partial charge in [-0.2, -0.15) is 0 Å². The molecule has 3 heteroatoms. The third-order valence-electron chi connectivity index (χ3n) is 3.32. The lowest BCUT2D eigenvalue weighted by Crippen LogP contribution is -2.33. The summed E-state index contributed by atoms with van der Waals surface area (Å²) < 4.78 is 0. The van der Waals surface area contributed by atoms with Gasteiger partial charge in [0.2, 0.25) is 0 Å². The van der Waals surface area contributed by atoms with E-state index in [0.717, 1.165) is 24.5 Å². The maximum atomic E-state index is 6.04. The highest BCUT2D eigenvalue weighted by Crippen LogP contribution is 2.34. The van der Waals surface area contributed by atoms with Crippen LogP contribution in [0.3, 0.4) is 0 Å². The summed E-state index contributed by atoms with van der Waals surface area (Å²) >= 11 is 6.04. The summed E-state index contributed by atoms with van der Waals surface area (Å²) in [6, 6.07) is 6.88. The topological polar surface area (TPSA) is 15.3 Å². The highest BCUT2D eigenvalue weighted by atomic mass is 35.5. The lowest BCUT2D eigenvalue weighted by Gasteiger charge is -2.26. The maximum absolute atomic E-state index is 6.04. The summed E-state index contributed by atoms with van der Waals surface area (Å²) in [5.74, 6) is 0. The Morgan fingerprint density at radius 1 is 1.50 bits per heavy atom. The molecule has 88 valence electrons. The van der Waals surface area contributed by atoms with Gasteiger partial charge in [-0.05, 0) is 57.1 Å². The van der Waals surface area contributed by atoms with Gasteiger partial charge in [0.05, 0.1) is 0 Å². The number of nitrogens with zero attached hydrogens (tertiary/aromatic N) is 1. The van der Waals surface area contributed by atoms with E-state index in [4.69, 9.17) is 11.6 Å². The van der Waals surface area contributed by atoms with Gasteiger partial charge in [0, 0.05) is 23.3 Å². The van der Waals surface area contributed by atoms with E-state index in [1.165, 1.54) is 17.7 Å². The second-order valence-corrected chi connectivity index (χ2v) is 4.75. The number of likely N-dealkylation sites (N-methyl/N-ethyl adjacent to an activating group) is 1. The number of benzene rings is 1. The molecule has 2 rings (SSSR count). The summed E-state index contributed by atoms with van der Waals surface area (Å²) in [5.41, 5.74) is 2.77. The fraction of sp³-hybridized carbons (Fsp3) is 0.538. The number of nitrogens with one attached hydrogen (secondary N) is 1. The first kappa shape index (κ1) is 11.7. The molecule has 1 aromatic carbocycles. The molecule has 0 saturated carbocycles. The predicted molar refractivity (Wildman–Crippen MR) is 70.5 cm³/mol. The van der Waals surface area contributed by atoms with Crippen molar-refractivity contribution >= 4 is 17.3 Å². The number of rotatable bonds is 4. The Kier molecular flexibility index (Phi) is 3.72. The van der Waals surface area contributed by atoms with Crippen molar-refractivity contribution in [3.63, 3.8) is 0 Å². The molecule has 0 bridgehead atoms. The molecule has 0 amide bonds. The minimum atomic E-state index is 0.630. The Bertz CT molecular complexity index is 365. The fourth-order valence-electron chi connectivity index (χ4n) is 2.56. The summed E-state index contributed by atoms with van der Waals surface area (Å²) in [6.07, 6.45) is 2.32. The van der Waals surface area contributed by atoms with Crippen molar-refractivity contribution in [1.82, 2.24) is 5.32 Å². The SMILES string of the molecule is CCN1c2ccc(Cl)cc2CC1CCNC. The summed E-state index contributed by atoms with van der Waals surface area (Å²) in [6.45, 7) is 4.36. The van der Waals surface area contributed by atoms with E-state index in [2.05, 4.69) is 29.3 Å². The molecule has 1 heterocycles. The number of fused-ring (bicyclic) bond motifs is 1. The van der Waals surface area contributed by atoms with Gasteiger partial charge in [-0.15, -0.1) is 0 Å². The first-order chi connectivity index (χ1) is 7.76. The Hall–Kier alpha value is -0.730. The molecule has 0 fully saturated rings. The quantitative estimate of drug-likeness (QED) is 0.868. The van der Waals surface area contributed by atoms with Crippen LogP contribution in [-0.2, 0) is 6.42 Å². The van der Waals surface area contributed by atoms with E-state index in [1.54, 1.807) is 0 Å². The van der Waals surface area contributed by atoms with Crippen LogP contribution in [0.1, 0.15) is 18.9 Å². The van der Waals surface area contributed by atoms with Gasteiger partial charge in [-0.3, -0.25) is 0 Å². The van der Waals surface area contributed by atoms with Crippen LogP contribution >= 0.6 is 11.6 Å². The minimum absolute atomic E-state index is 0.630. The van der Waals surface area contributed by atoms with Gasteiger partial charge >= 0.3 is 0 Å². The van der Waals surface area contributed by atoms with Crippen molar-refractivity contribution < 1.29 is 0 Å². The molecule has 2 nitrogen and oxygen atoms in total. The van der Waals surface area contributed by atoms with Crippen LogP contribution in [-0.4, -0.2) is 26.2 Å². The van der Waals surface area contributed by atoms with Crippen LogP contribution in [0.2, 0.25) is 5.02 Å². The fourth-order valence-corrected chi connectivity index (χ4v) is 2.75. The van der Waals surface area contributed by atoms with Gasteiger partial charge < -0.3 is 10.2 Å². The smallest absolute Gasteiger partial charge is 0.0410 e. The molecule has 16 heavy (non-hydrogen) atoms. The minimum Gasteiger partial charge on any atom is -0.368 e. The molecular weight excluding hydrogens is 220 g/mol. The van der Waals surface area contributed by atoms with Crippen LogP contribution in [0.5, 0.6) is 0 Å². The van der Waals surface area contributed by atoms with Gasteiger partial charge in [0.1, 0.15) is 0 Å². The van der Waals surface area contributed by atoms with Crippen LogP contribution in [0.15, 0.2) is 18.2 Å². The average molecular weight is 239 g/mol. The van der Waals surface area contributed by atoms with E-state index < -0.39 is 0 Å². The van der Waals surface area contributed by atoms with Crippen molar-refractivity contribution in [2.45, 2.75) is 25.8 Å². The molecule has 0 aromatic heterocycles. The molecule has 1 aromatic rings. The summed E-state index contributed by atoms with van der Waals surface area (Å²) in [7, 11) is 2.01. The maximum Gasteiger partial charge on any atom is 0.0410 e. The lowest BCUT2D eigenvalue weighted by atomic mass is 10.1. The van der Waals surface area contributed by atoms with E-state index in [1.807, 2.05) is 13.1 Å². The third-order valence-corrected chi connectivity index (χ3v) is 3.55. The van der Waals surface area contributed by atoms with Crippen molar-refractivity contribution in [2.24, 2.45) is 0 Å². The lowest BCUT2D eigenvalue weighted by molar-refractivity contribution is 0.566. The van der Waals surface area contributed by atoms with Gasteiger partial charge in [-0.25, -0.2) is 0 Å². The number of hydrogen-bond donors (Lipinski definition) is 1. The first-order valence-corrected chi connectivity index (χ1v) is 6.33. The highest BCUT2D eigenvalue weighted by molar-refractivity contribution is 6.30. The van der Waals surface area contributed by atoms with E-state index in [9.17, 15) is 0 Å². The van der Waals surface area contributed by atoms with Crippen molar-refractivity contribution in [3.8, 4) is 0 Å². The van der Waals surface area contributed by atoms with Gasteiger partial charge in [0.15, 0.2) is 0 Å². The standard InChI is InChI=1S/C13H19ClN2/c1-3-16-12(6-7-15-2)9-10-8-11(14)4-5-13(10)16/h4-5,8,12,15H,3,6-7,9H2,1-2H3. The number of halogens is 1. The van der Waals surface area contributed by atoms with E-state index in [-0.39, 0.29) is 0 Å². The first-order valence-electron chi connectivity index (χ1n) is 5.96. The zero-order chi connectivity index (χ0) is 11.5. The van der Waals surface area contributed by atoms with Crippen molar-refractivity contribution in [1.29, 1.82) is 0 Å². The predicted octanol–water partition coefficient (Wildman–Crippen LogP) is 2.70. The Labute approximate surface area is 103 Å². The van der Waals surface area contributed by atoms with Crippen LogP contribution in [0.25, 0.3) is 0 Å². The zero-order valence-corrected chi connectivity index (χ0v) is 10.7. The molecule has 0 aliphatic carbocycles. The molecule has 0 saturated heterocycles. The van der Waals surface area contributed by atoms with Gasteiger partial charge in [0.25, 0.3) is 0 Å². The number of anilines is 1. The molecule has 0 spiro atoms. The Morgan fingerprint density at radius 2 is 2.31 bits per heavy atom. The molecular formula is C13H19ClN2. The number of hydrogen-bond acceptors (Lipinski definition) is 2. The van der Waals surface area contributed by atoms with Crippen molar-refractivity contribution in [3.05, 3.63) is 28.8 Å². The Balaban J connectivity index is 2.18. The monoisotopic (exact) mass is 238 g/mol. The summed E-state index contributed by atoms with van der Waals surface area (Å²) in [4.78, 5) is 2.49. The van der Waals surface area contributed by atoms with E-state index >= 15 is 0 Å². The molecule has 1 aliphatic heterocycles. The van der Waals surface area contributed by atoms with E-state index in [0.29, 0.717) is 6.04 Å². The molecule has 1 unspecified atom stereocenters. The summed E-state index contributed by atoms with van der Waals surface area (Å²) in [5, 5.41) is 4.08. The van der Waals surface area contributed by atoms with Crippen molar-refractivity contribution in [2.75, 3.05) is 25.0 Å².